The van der Waals surface area contributed by atoms with E-state index >= 15 is 0 Å². The SMILES string of the molecule is Cc1ccc(C(=O)N2CCN(Cc3cncc(F)c3)CC2)cc1. The van der Waals surface area contributed by atoms with Gasteiger partial charge in [0.25, 0.3) is 5.91 Å². The van der Waals surface area contributed by atoms with Crippen LogP contribution >= 0.6 is 0 Å². The van der Waals surface area contributed by atoms with Gasteiger partial charge in [-0.3, -0.25) is 14.7 Å². The second-order valence-electron chi connectivity index (χ2n) is 5.95. The second-order valence-corrected chi connectivity index (χ2v) is 5.95. The number of aromatic nitrogens is 1. The molecule has 0 N–H and O–H groups in total. The van der Waals surface area contributed by atoms with E-state index in [1.807, 2.05) is 36.1 Å². The van der Waals surface area contributed by atoms with Crippen molar-refractivity contribution in [2.24, 2.45) is 0 Å². The Labute approximate surface area is 135 Å². The number of amides is 1. The van der Waals surface area contributed by atoms with Crippen LogP contribution in [-0.2, 0) is 6.54 Å². The van der Waals surface area contributed by atoms with Crippen molar-refractivity contribution in [2.75, 3.05) is 26.2 Å². The summed E-state index contributed by atoms with van der Waals surface area (Å²) in [5.41, 5.74) is 2.75. The number of hydrogen-bond donors (Lipinski definition) is 0. The highest BCUT2D eigenvalue weighted by Crippen LogP contribution is 2.12. The van der Waals surface area contributed by atoms with Crippen LogP contribution in [0, 0.1) is 12.7 Å². The van der Waals surface area contributed by atoms with Crippen LogP contribution in [0.3, 0.4) is 0 Å². The highest BCUT2D eigenvalue weighted by atomic mass is 19.1. The molecule has 1 amide bonds. The van der Waals surface area contributed by atoms with E-state index in [4.69, 9.17) is 0 Å². The molecule has 0 unspecified atom stereocenters. The van der Waals surface area contributed by atoms with E-state index in [1.165, 1.54) is 12.3 Å². The summed E-state index contributed by atoms with van der Waals surface area (Å²) in [5, 5.41) is 0. The van der Waals surface area contributed by atoms with Crippen molar-refractivity contribution in [3.63, 3.8) is 0 Å². The van der Waals surface area contributed by atoms with Gasteiger partial charge in [-0.05, 0) is 30.7 Å². The van der Waals surface area contributed by atoms with Crippen LogP contribution in [0.15, 0.2) is 42.7 Å². The third-order valence-electron chi connectivity index (χ3n) is 4.13. The molecule has 120 valence electrons. The number of aryl methyl sites for hydroxylation is 1. The lowest BCUT2D eigenvalue weighted by atomic mass is 10.1. The van der Waals surface area contributed by atoms with Gasteiger partial charge in [-0.2, -0.15) is 0 Å². The van der Waals surface area contributed by atoms with Crippen LogP contribution in [0.4, 0.5) is 4.39 Å². The van der Waals surface area contributed by atoms with Gasteiger partial charge in [0, 0.05) is 44.5 Å². The van der Waals surface area contributed by atoms with Crippen molar-refractivity contribution in [1.82, 2.24) is 14.8 Å². The Morgan fingerprint density at radius 2 is 1.83 bits per heavy atom. The van der Waals surface area contributed by atoms with Crippen LogP contribution in [0.2, 0.25) is 0 Å². The summed E-state index contributed by atoms with van der Waals surface area (Å²) in [6.07, 6.45) is 2.90. The molecule has 0 aliphatic carbocycles. The number of halogens is 1. The average molecular weight is 313 g/mol. The molecule has 1 aromatic heterocycles. The summed E-state index contributed by atoms with van der Waals surface area (Å²) < 4.78 is 13.2. The van der Waals surface area contributed by atoms with Crippen molar-refractivity contribution in [3.05, 3.63) is 65.2 Å². The molecule has 1 saturated heterocycles. The van der Waals surface area contributed by atoms with Gasteiger partial charge in [0.15, 0.2) is 0 Å². The molecule has 1 fully saturated rings. The topological polar surface area (TPSA) is 36.4 Å². The Bertz CT molecular complexity index is 679. The van der Waals surface area contributed by atoms with Gasteiger partial charge in [-0.1, -0.05) is 17.7 Å². The Hall–Kier alpha value is -2.27. The smallest absolute Gasteiger partial charge is 0.253 e. The van der Waals surface area contributed by atoms with E-state index in [0.29, 0.717) is 19.6 Å². The fourth-order valence-corrected chi connectivity index (χ4v) is 2.79. The fourth-order valence-electron chi connectivity index (χ4n) is 2.79. The number of carbonyl (C=O) groups is 1. The summed E-state index contributed by atoms with van der Waals surface area (Å²) in [4.78, 5) is 20.4. The normalized spacial score (nSPS) is 15.7. The lowest BCUT2D eigenvalue weighted by molar-refractivity contribution is 0.0628. The number of rotatable bonds is 3. The Morgan fingerprint density at radius 1 is 1.13 bits per heavy atom. The molecule has 0 radical (unpaired) electrons. The number of carbonyl (C=O) groups excluding carboxylic acids is 1. The van der Waals surface area contributed by atoms with Gasteiger partial charge >= 0.3 is 0 Å². The molecule has 1 aliphatic rings. The zero-order chi connectivity index (χ0) is 16.2. The van der Waals surface area contributed by atoms with Gasteiger partial charge in [0.05, 0.1) is 6.20 Å². The van der Waals surface area contributed by atoms with E-state index < -0.39 is 0 Å². The van der Waals surface area contributed by atoms with Gasteiger partial charge < -0.3 is 4.90 Å². The highest BCUT2D eigenvalue weighted by molar-refractivity contribution is 5.94. The molecule has 5 heteroatoms. The van der Waals surface area contributed by atoms with E-state index in [0.717, 1.165) is 29.8 Å². The van der Waals surface area contributed by atoms with Crippen LogP contribution in [0.5, 0.6) is 0 Å². The van der Waals surface area contributed by atoms with Crippen molar-refractivity contribution in [1.29, 1.82) is 0 Å². The molecule has 3 rings (SSSR count). The highest BCUT2D eigenvalue weighted by Gasteiger charge is 2.22. The van der Waals surface area contributed by atoms with Gasteiger partial charge in [-0.15, -0.1) is 0 Å². The first-order valence-electron chi connectivity index (χ1n) is 7.79. The predicted molar refractivity (Wildman–Crippen MR) is 86.6 cm³/mol. The molecule has 2 heterocycles. The quantitative estimate of drug-likeness (QED) is 0.873. The number of nitrogens with zero attached hydrogens (tertiary/aromatic N) is 3. The molecule has 0 bridgehead atoms. The number of hydrogen-bond acceptors (Lipinski definition) is 3. The summed E-state index contributed by atoms with van der Waals surface area (Å²) in [7, 11) is 0. The largest absolute Gasteiger partial charge is 0.336 e. The Balaban J connectivity index is 1.55. The molecular weight excluding hydrogens is 293 g/mol. The molecular formula is C18H20FN3O. The number of benzene rings is 1. The maximum Gasteiger partial charge on any atom is 0.253 e. The Morgan fingerprint density at radius 3 is 2.48 bits per heavy atom. The first kappa shape index (κ1) is 15.6. The van der Waals surface area contributed by atoms with E-state index in [-0.39, 0.29) is 11.7 Å². The van der Waals surface area contributed by atoms with Gasteiger partial charge in [0.2, 0.25) is 0 Å². The van der Waals surface area contributed by atoms with Crippen molar-refractivity contribution in [2.45, 2.75) is 13.5 Å². The maximum absolute atomic E-state index is 13.2. The number of pyridine rings is 1. The maximum atomic E-state index is 13.2. The van der Waals surface area contributed by atoms with Crippen LogP contribution < -0.4 is 0 Å². The van der Waals surface area contributed by atoms with E-state index in [9.17, 15) is 9.18 Å². The summed E-state index contributed by atoms with van der Waals surface area (Å²) >= 11 is 0. The lowest BCUT2D eigenvalue weighted by Gasteiger charge is -2.34. The molecule has 1 aliphatic heterocycles. The molecule has 0 atom stereocenters. The average Bonchev–Trinajstić information content (AvgIpc) is 2.56. The van der Waals surface area contributed by atoms with Crippen LogP contribution in [0.1, 0.15) is 21.5 Å². The molecule has 0 saturated carbocycles. The standard InChI is InChI=1S/C18H20FN3O/c1-14-2-4-16(5-3-14)18(23)22-8-6-21(7-9-22)13-15-10-17(19)12-20-11-15/h2-5,10-12H,6-9,13H2,1H3. The minimum atomic E-state index is -0.310. The zero-order valence-corrected chi connectivity index (χ0v) is 13.2. The van der Waals surface area contributed by atoms with E-state index in [1.54, 1.807) is 6.20 Å². The van der Waals surface area contributed by atoms with Crippen molar-refractivity contribution < 1.29 is 9.18 Å². The van der Waals surface area contributed by atoms with Crippen LogP contribution in [-0.4, -0.2) is 46.9 Å². The van der Waals surface area contributed by atoms with Gasteiger partial charge in [0.1, 0.15) is 5.82 Å². The zero-order valence-electron chi connectivity index (χ0n) is 13.2. The summed E-state index contributed by atoms with van der Waals surface area (Å²) in [6.45, 7) is 5.62. The van der Waals surface area contributed by atoms with E-state index in [2.05, 4.69) is 9.88 Å². The second kappa shape index (κ2) is 6.87. The molecule has 1 aromatic carbocycles. The third-order valence-corrected chi connectivity index (χ3v) is 4.13. The van der Waals surface area contributed by atoms with Crippen molar-refractivity contribution in [3.8, 4) is 0 Å². The first-order valence-corrected chi connectivity index (χ1v) is 7.79. The predicted octanol–water partition coefficient (Wildman–Crippen LogP) is 2.49. The number of piperazine rings is 1. The van der Waals surface area contributed by atoms with Crippen LogP contribution in [0.25, 0.3) is 0 Å². The third kappa shape index (κ3) is 3.93. The summed E-state index contributed by atoms with van der Waals surface area (Å²) in [6, 6.07) is 9.18. The Kier molecular flexibility index (Phi) is 4.67. The van der Waals surface area contributed by atoms with Gasteiger partial charge in [-0.25, -0.2) is 4.39 Å². The minimum absolute atomic E-state index is 0.0806. The minimum Gasteiger partial charge on any atom is -0.336 e. The molecule has 23 heavy (non-hydrogen) atoms. The monoisotopic (exact) mass is 313 g/mol. The summed E-state index contributed by atoms with van der Waals surface area (Å²) in [5.74, 6) is -0.229. The molecule has 2 aromatic rings. The molecule has 0 spiro atoms. The lowest BCUT2D eigenvalue weighted by Crippen LogP contribution is -2.48. The fraction of sp³-hybridized carbons (Fsp3) is 0.333. The molecule has 4 nitrogen and oxygen atoms in total. The first-order chi connectivity index (χ1) is 11.1. The van der Waals surface area contributed by atoms with Crippen molar-refractivity contribution >= 4 is 5.91 Å².